The van der Waals surface area contributed by atoms with Gasteiger partial charge in [-0.3, -0.25) is 14.4 Å². The van der Waals surface area contributed by atoms with Gasteiger partial charge in [-0.25, -0.2) is 0 Å². The third-order valence-electron chi connectivity index (χ3n) is 4.28. The minimum Gasteiger partial charge on any atom is -0.351 e. The molecule has 1 heterocycles. The Bertz CT molecular complexity index is 1110. The van der Waals surface area contributed by atoms with Crippen LogP contribution in [0.15, 0.2) is 65.4 Å². The highest BCUT2D eigenvalue weighted by Gasteiger charge is 2.30. The Morgan fingerprint density at radius 1 is 0.844 bits per heavy atom. The Hall–Kier alpha value is -3.66. The number of nitrogens with one attached hydrogen (secondary N) is 3. The summed E-state index contributed by atoms with van der Waals surface area (Å²) in [6, 6.07) is 12.0. The van der Waals surface area contributed by atoms with Crippen molar-refractivity contribution >= 4 is 40.4 Å². The molecular weight excluding hydrogens is 443 g/mol. The summed E-state index contributed by atoms with van der Waals surface area (Å²) in [4.78, 5) is 36.4. The van der Waals surface area contributed by atoms with Gasteiger partial charge in [0.1, 0.15) is 0 Å². The smallest absolute Gasteiger partial charge is 0.351 e. The summed E-state index contributed by atoms with van der Waals surface area (Å²) >= 11 is 1.39. The van der Waals surface area contributed by atoms with Crippen molar-refractivity contribution in [1.29, 1.82) is 0 Å². The van der Waals surface area contributed by atoms with Crippen LogP contribution in [-0.4, -0.2) is 24.3 Å². The first-order valence-electron chi connectivity index (χ1n) is 9.41. The molecule has 3 amide bonds. The van der Waals surface area contributed by atoms with Crippen LogP contribution in [0.4, 0.5) is 24.5 Å². The molecule has 1 aromatic heterocycles. The normalized spacial score (nSPS) is 11.0. The van der Waals surface area contributed by atoms with Crippen molar-refractivity contribution < 1.29 is 27.6 Å². The number of hydrogen-bond acceptors (Lipinski definition) is 4. The van der Waals surface area contributed by atoms with Crippen molar-refractivity contribution in [2.24, 2.45) is 0 Å². The maximum atomic E-state index is 12.8. The van der Waals surface area contributed by atoms with Gasteiger partial charge in [-0.2, -0.15) is 24.5 Å². The molecule has 10 heteroatoms. The molecule has 3 N–H and O–H groups in total. The van der Waals surface area contributed by atoms with E-state index in [2.05, 4.69) is 16.0 Å². The van der Waals surface area contributed by atoms with Crippen molar-refractivity contribution in [2.45, 2.75) is 12.6 Å². The molecule has 3 aromatic rings. The predicted molar refractivity (Wildman–Crippen MR) is 116 cm³/mol. The number of rotatable bonds is 7. The quantitative estimate of drug-likeness (QED) is 0.473. The van der Waals surface area contributed by atoms with Crippen LogP contribution in [0, 0.1) is 0 Å². The molecule has 0 radical (unpaired) electrons. The van der Waals surface area contributed by atoms with Crippen LogP contribution in [0.25, 0.3) is 0 Å². The van der Waals surface area contributed by atoms with Gasteiger partial charge in [0.25, 0.3) is 11.8 Å². The number of anilines is 2. The van der Waals surface area contributed by atoms with Gasteiger partial charge in [0, 0.05) is 40.8 Å². The van der Waals surface area contributed by atoms with Gasteiger partial charge in [0.15, 0.2) is 0 Å². The number of carbonyl (C=O) groups excluding carboxylic acids is 3. The molecule has 6 nitrogen and oxygen atoms in total. The molecule has 0 aliphatic rings. The third-order valence-corrected chi connectivity index (χ3v) is 4.96. The van der Waals surface area contributed by atoms with Gasteiger partial charge < -0.3 is 16.0 Å². The highest BCUT2D eigenvalue weighted by atomic mass is 32.1. The molecule has 2 aromatic carbocycles. The van der Waals surface area contributed by atoms with Gasteiger partial charge in [-0.05, 0) is 47.8 Å². The zero-order valence-electron chi connectivity index (χ0n) is 16.5. The highest BCUT2D eigenvalue weighted by Crippen LogP contribution is 2.30. The van der Waals surface area contributed by atoms with Crippen LogP contribution in [-0.2, 0) is 11.0 Å². The Morgan fingerprint density at radius 3 is 2.25 bits per heavy atom. The van der Waals surface area contributed by atoms with E-state index in [9.17, 15) is 27.6 Å². The fourth-order valence-corrected chi connectivity index (χ4v) is 3.36. The average molecular weight is 461 g/mol. The summed E-state index contributed by atoms with van der Waals surface area (Å²) in [6.45, 7) is 0.135. The number of alkyl halides is 3. The lowest BCUT2D eigenvalue weighted by Gasteiger charge is -2.11. The van der Waals surface area contributed by atoms with Crippen molar-refractivity contribution in [1.82, 2.24) is 5.32 Å². The molecule has 0 spiro atoms. The van der Waals surface area contributed by atoms with E-state index >= 15 is 0 Å². The first kappa shape index (κ1) is 23.0. The van der Waals surface area contributed by atoms with E-state index in [1.165, 1.54) is 41.7 Å². The van der Waals surface area contributed by atoms with Gasteiger partial charge in [-0.1, -0.05) is 12.1 Å². The molecule has 166 valence electrons. The van der Waals surface area contributed by atoms with Crippen molar-refractivity contribution in [3.63, 3.8) is 0 Å². The van der Waals surface area contributed by atoms with E-state index < -0.39 is 17.6 Å². The van der Waals surface area contributed by atoms with E-state index in [4.69, 9.17) is 0 Å². The first-order chi connectivity index (χ1) is 15.2. The van der Waals surface area contributed by atoms with Crippen LogP contribution in [0.2, 0.25) is 0 Å². The number of amides is 3. The zero-order chi connectivity index (χ0) is 23.1. The maximum absolute atomic E-state index is 12.8. The summed E-state index contributed by atoms with van der Waals surface area (Å²) in [7, 11) is 0. The largest absolute Gasteiger partial charge is 0.416 e. The molecule has 0 saturated carbocycles. The fraction of sp³-hybridized carbons (Fsp3) is 0.136. The number of thiophene rings is 1. The van der Waals surface area contributed by atoms with E-state index in [0.29, 0.717) is 11.3 Å². The second kappa shape index (κ2) is 10.1. The Labute approximate surface area is 185 Å². The second-order valence-corrected chi connectivity index (χ2v) is 7.46. The summed E-state index contributed by atoms with van der Waals surface area (Å²) in [6.07, 6.45) is -4.50. The van der Waals surface area contributed by atoms with E-state index in [1.807, 2.05) is 0 Å². The van der Waals surface area contributed by atoms with Gasteiger partial charge in [0.05, 0.1) is 5.56 Å². The Kier molecular flexibility index (Phi) is 7.26. The minimum absolute atomic E-state index is 0.000581. The Morgan fingerprint density at radius 2 is 1.56 bits per heavy atom. The molecule has 0 fully saturated rings. The molecule has 0 saturated heterocycles. The summed E-state index contributed by atoms with van der Waals surface area (Å²) in [5, 5.41) is 11.1. The standard InChI is InChI=1S/C22H18F3N3O3S/c23-22(24,25)16-4-2-6-18(12-16)28-21(31)14-3-1-5-17(11-14)27-19(29)7-9-26-20(30)15-8-10-32-13-15/h1-6,8,10-13H,7,9H2,(H,26,30)(H,27,29)(H,28,31). The summed E-state index contributed by atoms with van der Waals surface area (Å²) < 4.78 is 38.5. The topological polar surface area (TPSA) is 87.3 Å². The van der Waals surface area contributed by atoms with Crippen molar-refractivity contribution in [2.75, 3.05) is 17.2 Å². The molecule has 32 heavy (non-hydrogen) atoms. The molecule has 0 aliphatic carbocycles. The third kappa shape index (κ3) is 6.42. The molecule has 0 unspecified atom stereocenters. The van der Waals surface area contributed by atoms with Crippen molar-refractivity contribution in [3.05, 3.63) is 82.0 Å². The molecule has 0 bridgehead atoms. The minimum atomic E-state index is -4.52. The lowest BCUT2D eigenvalue weighted by atomic mass is 10.1. The van der Waals surface area contributed by atoms with Crippen LogP contribution < -0.4 is 16.0 Å². The second-order valence-electron chi connectivity index (χ2n) is 6.68. The number of hydrogen-bond donors (Lipinski definition) is 3. The number of benzene rings is 2. The van der Waals surface area contributed by atoms with Gasteiger partial charge >= 0.3 is 6.18 Å². The lowest BCUT2D eigenvalue weighted by molar-refractivity contribution is -0.137. The fourth-order valence-electron chi connectivity index (χ4n) is 2.72. The summed E-state index contributed by atoms with van der Waals surface area (Å²) in [5.41, 5.74) is 0.153. The monoisotopic (exact) mass is 461 g/mol. The number of halogens is 3. The van der Waals surface area contributed by atoms with Crippen LogP contribution in [0.1, 0.15) is 32.7 Å². The van der Waals surface area contributed by atoms with Crippen LogP contribution >= 0.6 is 11.3 Å². The van der Waals surface area contributed by atoms with Crippen molar-refractivity contribution in [3.8, 4) is 0 Å². The number of carbonyl (C=O) groups is 3. The van der Waals surface area contributed by atoms with E-state index in [1.54, 1.807) is 22.9 Å². The maximum Gasteiger partial charge on any atom is 0.416 e. The molecule has 0 aliphatic heterocycles. The average Bonchev–Trinajstić information content (AvgIpc) is 3.28. The van der Waals surface area contributed by atoms with E-state index in [-0.39, 0.29) is 36.0 Å². The van der Waals surface area contributed by atoms with Gasteiger partial charge in [-0.15, -0.1) is 0 Å². The molecule has 0 atom stereocenters. The zero-order valence-corrected chi connectivity index (χ0v) is 17.3. The summed E-state index contributed by atoms with van der Waals surface area (Å²) in [5.74, 6) is -1.26. The highest BCUT2D eigenvalue weighted by molar-refractivity contribution is 7.08. The van der Waals surface area contributed by atoms with Gasteiger partial charge in [0.2, 0.25) is 5.91 Å². The lowest BCUT2D eigenvalue weighted by Crippen LogP contribution is -2.27. The first-order valence-corrected chi connectivity index (χ1v) is 10.4. The van der Waals surface area contributed by atoms with Crippen LogP contribution in [0.3, 0.4) is 0 Å². The predicted octanol–water partition coefficient (Wildman–Crippen LogP) is 4.78. The SMILES string of the molecule is O=C(CCNC(=O)c1ccsc1)Nc1cccc(C(=O)Nc2cccc(C(F)(F)F)c2)c1. The Balaban J connectivity index is 1.55. The molecular formula is C22H18F3N3O3S. The van der Waals surface area contributed by atoms with Crippen LogP contribution in [0.5, 0.6) is 0 Å². The molecule has 3 rings (SSSR count). The van der Waals surface area contributed by atoms with E-state index in [0.717, 1.165) is 12.1 Å².